The predicted octanol–water partition coefficient (Wildman–Crippen LogP) is 9.77. The van der Waals surface area contributed by atoms with E-state index in [9.17, 15) is 52.4 Å². The van der Waals surface area contributed by atoms with Crippen molar-refractivity contribution < 1.29 is 52.4 Å². The van der Waals surface area contributed by atoms with Crippen LogP contribution in [0.2, 0.25) is 4.34 Å². The molecule has 0 saturated heterocycles. The Balaban J connectivity index is 0.000000209. The van der Waals surface area contributed by atoms with Gasteiger partial charge in [-0.15, -0.1) is 45.3 Å². The third-order valence-electron chi connectivity index (χ3n) is 7.58. The maximum absolute atomic E-state index is 13.5. The molecule has 0 aliphatic heterocycles. The zero-order valence-electron chi connectivity index (χ0n) is 29.5. The Morgan fingerprint density at radius 1 is 0.517 bits per heavy atom. The molecule has 60 heavy (non-hydrogen) atoms. The zero-order valence-corrected chi connectivity index (χ0v) is 36.0. The number of nitrogens with one attached hydrogen (secondary N) is 4. The second kappa shape index (κ2) is 18.2. The molecule has 3 aromatic carbocycles. The maximum atomic E-state index is 13.5. The van der Waals surface area contributed by atoms with Gasteiger partial charge >= 0.3 is 0 Å². The standard InChI is InChI=1S/C21H14F2N2O5S4.C15H9ClF2N2O3S3/c22-15-7-6-14(12-16(15)23)34(29,30)25-17-10-11-31-20(17)21(26)24-18-8-9-19(32-18)33(27,28)13-4-2-1-3-5-13;16-12-3-4-13(25-12)19-15(21)14-11(5-6-24-14)20-26(22,23)8-1-2-9(17)10(18)7-8/h1-12,25H,(H,24,26);1-7,20H,(H,19,21). The smallest absolute Gasteiger partial charge is 0.268 e. The lowest BCUT2D eigenvalue weighted by atomic mass is 10.3. The number of thiophene rings is 4. The van der Waals surface area contributed by atoms with E-state index in [1.807, 2.05) is 0 Å². The lowest BCUT2D eigenvalue weighted by Crippen LogP contribution is -2.17. The number of sulfonamides is 2. The van der Waals surface area contributed by atoms with E-state index in [4.69, 9.17) is 11.6 Å². The summed E-state index contributed by atoms with van der Waals surface area (Å²) in [6.45, 7) is 0. The van der Waals surface area contributed by atoms with Gasteiger partial charge in [0.15, 0.2) is 23.3 Å². The monoisotopic (exact) mass is 974 g/mol. The third-order valence-corrected chi connectivity index (χ3v) is 16.5. The Kier molecular flexibility index (Phi) is 13.5. The average molecular weight is 976 g/mol. The summed E-state index contributed by atoms with van der Waals surface area (Å²) >= 11 is 9.77. The first-order valence-electron chi connectivity index (χ1n) is 16.2. The number of hydrogen-bond donors (Lipinski definition) is 4. The van der Waals surface area contributed by atoms with E-state index >= 15 is 0 Å². The largest absolute Gasteiger partial charge is 0.313 e. The molecule has 4 N–H and O–H groups in total. The predicted molar refractivity (Wildman–Crippen MR) is 224 cm³/mol. The molecule has 7 rings (SSSR count). The molecular weight excluding hydrogens is 952 g/mol. The highest BCUT2D eigenvalue weighted by Gasteiger charge is 2.25. The summed E-state index contributed by atoms with van der Waals surface area (Å²) in [5, 5.41) is 8.90. The molecule has 0 aliphatic rings. The number of anilines is 4. The second-order valence-corrected chi connectivity index (χ2v) is 21.8. The highest BCUT2D eigenvalue weighted by Crippen LogP contribution is 2.33. The Morgan fingerprint density at radius 2 is 0.983 bits per heavy atom. The van der Waals surface area contributed by atoms with Crippen LogP contribution in [0.25, 0.3) is 0 Å². The fourth-order valence-corrected chi connectivity index (χ4v) is 12.1. The number of sulfone groups is 1. The molecule has 4 aromatic heterocycles. The molecule has 0 saturated carbocycles. The molecule has 312 valence electrons. The van der Waals surface area contributed by atoms with Gasteiger partial charge in [0, 0.05) is 0 Å². The Labute approximate surface area is 360 Å². The maximum Gasteiger partial charge on any atom is 0.268 e. The van der Waals surface area contributed by atoms with Gasteiger partial charge in [-0.3, -0.25) is 19.0 Å². The lowest BCUT2D eigenvalue weighted by molar-refractivity contribution is 0.102. The van der Waals surface area contributed by atoms with Crippen LogP contribution in [-0.2, 0) is 29.9 Å². The van der Waals surface area contributed by atoms with Crippen molar-refractivity contribution in [1.82, 2.24) is 0 Å². The first kappa shape index (κ1) is 44.4. The van der Waals surface area contributed by atoms with Crippen LogP contribution in [0.1, 0.15) is 19.3 Å². The summed E-state index contributed by atoms with van der Waals surface area (Å²) in [6.07, 6.45) is 0. The highest BCUT2D eigenvalue weighted by atomic mass is 35.5. The Morgan fingerprint density at radius 3 is 1.43 bits per heavy atom. The van der Waals surface area contributed by atoms with E-state index < -0.39 is 74.8 Å². The van der Waals surface area contributed by atoms with E-state index in [0.29, 0.717) is 33.6 Å². The van der Waals surface area contributed by atoms with E-state index in [0.717, 1.165) is 57.5 Å². The van der Waals surface area contributed by atoms with Crippen LogP contribution in [0, 0.1) is 23.3 Å². The first-order chi connectivity index (χ1) is 28.3. The van der Waals surface area contributed by atoms with Crippen molar-refractivity contribution in [1.29, 1.82) is 0 Å². The van der Waals surface area contributed by atoms with Gasteiger partial charge in [-0.05, 0) is 95.7 Å². The quantitative estimate of drug-likeness (QED) is 0.0872. The van der Waals surface area contributed by atoms with Crippen molar-refractivity contribution in [3.63, 3.8) is 0 Å². The topological polar surface area (TPSA) is 185 Å². The molecule has 0 fully saturated rings. The average Bonchev–Trinajstić information content (AvgIpc) is 4.03. The minimum atomic E-state index is -4.30. The summed E-state index contributed by atoms with van der Waals surface area (Å²) in [5.41, 5.74) is -0.0409. The van der Waals surface area contributed by atoms with Gasteiger partial charge in [0.05, 0.1) is 40.4 Å². The minimum Gasteiger partial charge on any atom is -0.313 e. The second-order valence-electron chi connectivity index (χ2n) is 11.6. The van der Waals surface area contributed by atoms with Crippen LogP contribution in [0.3, 0.4) is 0 Å². The molecule has 0 spiro atoms. The van der Waals surface area contributed by atoms with Crippen LogP contribution in [0.4, 0.5) is 38.9 Å². The van der Waals surface area contributed by atoms with Crippen molar-refractivity contribution in [2.75, 3.05) is 20.1 Å². The normalized spacial score (nSPS) is 11.6. The van der Waals surface area contributed by atoms with Crippen LogP contribution in [0.5, 0.6) is 0 Å². The summed E-state index contributed by atoms with van der Waals surface area (Å²) in [5.74, 6) is -6.17. The fourth-order valence-electron chi connectivity index (χ4n) is 4.79. The van der Waals surface area contributed by atoms with Gasteiger partial charge in [0.1, 0.15) is 14.0 Å². The number of carbonyl (C=O) groups excluding carboxylic acids is 2. The van der Waals surface area contributed by atoms with Gasteiger partial charge in [-0.2, -0.15) is 0 Å². The van der Waals surface area contributed by atoms with E-state index in [2.05, 4.69) is 20.1 Å². The summed E-state index contributed by atoms with van der Waals surface area (Å²) < 4.78 is 133. The van der Waals surface area contributed by atoms with Crippen molar-refractivity contribution in [2.45, 2.75) is 18.9 Å². The highest BCUT2D eigenvalue weighted by molar-refractivity contribution is 7.93. The van der Waals surface area contributed by atoms with E-state index in [-0.39, 0.29) is 35.2 Å². The number of hydrogen-bond acceptors (Lipinski definition) is 12. The molecule has 24 heteroatoms. The number of carbonyl (C=O) groups is 2. The molecule has 0 bridgehead atoms. The lowest BCUT2D eigenvalue weighted by Gasteiger charge is -2.09. The van der Waals surface area contributed by atoms with E-state index in [1.165, 1.54) is 47.2 Å². The van der Waals surface area contributed by atoms with Crippen LogP contribution in [0.15, 0.2) is 133 Å². The van der Waals surface area contributed by atoms with Crippen molar-refractivity contribution >= 4 is 120 Å². The van der Waals surface area contributed by atoms with Gasteiger partial charge in [0.25, 0.3) is 31.9 Å². The SMILES string of the molecule is O=C(Nc1ccc(Cl)s1)c1sccc1NS(=O)(=O)c1ccc(F)c(F)c1.O=C(Nc1ccc(S(=O)(=O)c2ccccc2)s1)c1sccc1NS(=O)(=O)c1ccc(F)c(F)c1. The number of amides is 2. The molecule has 0 radical (unpaired) electrons. The zero-order chi connectivity index (χ0) is 43.4. The summed E-state index contributed by atoms with van der Waals surface area (Å²) in [6, 6.07) is 20.9. The first-order valence-corrected chi connectivity index (χ1v) is 24.4. The summed E-state index contributed by atoms with van der Waals surface area (Å²) in [4.78, 5) is 24.3. The minimum absolute atomic E-state index is 0.00738. The number of halogens is 5. The molecule has 4 heterocycles. The molecule has 0 unspecified atom stereocenters. The van der Waals surface area contributed by atoms with Gasteiger partial charge in [-0.1, -0.05) is 29.8 Å². The van der Waals surface area contributed by atoms with Gasteiger partial charge < -0.3 is 10.6 Å². The molecule has 2 amide bonds. The number of rotatable bonds is 12. The molecule has 0 atom stereocenters. The Bertz CT molecular complexity index is 3060. The Hall–Kier alpha value is -5.14. The fraction of sp³-hybridized carbons (Fsp3) is 0. The molecule has 12 nitrogen and oxygen atoms in total. The molecule has 0 aliphatic carbocycles. The van der Waals surface area contributed by atoms with Crippen molar-refractivity contribution in [2.24, 2.45) is 0 Å². The summed E-state index contributed by atoms with van der Waals surface area (Å²) in [7, 11) is -12.3. The number of benzene rings is 3. The van der Waals surface area contributed by atoms with Gasteiger partial charge in [-0.25, -0.2) is 42.8 Å². The van der Waals surface area contributed by atoms with Crippen molar-refractivity contribution in [3.8, 4) is 0 Å². The van der Waals surface area contributed by atoms with E-state index in [1.54, 1.807) is 30.3 Å². The van der Waals surface area contributed by atoms with Crippen LogP contribution < -0.4 is 20.1 Å². The molecule has 7 aromatic rings. The van der Waals surface area contributed by atoms with Gasteiger partial charge in [0.2, 0.25) is 9.84 Å². The third kappa shape index (κ3) is 10.4. The van der Waals surface area contributed by atoms with Crippen molar-refractivity contribution in [3.05, 3.63) is 151 Å². The van der Waals surface area contributed by atoms with Crippen LogP contribution >= 0.6 is 56.9 Å². The molecular formula is C36H23ClF4N4O8S7. The van der Waals surface area contributed by atoms with Crippen LogP contribution in [-0.4, -0.2) is 37.1 Å².